The maximum atomic E-state index is 12.5. The summed E-state index contributed by atoms with van der Waals surface area (Å²) in [6, 6.07) is 3.75. The minimum absolute atomic E-state index is 0.0113. The number of rotatable bonds is 7. The van der Waals surface area contributed by atoms with Gasteiger partial charge in [-0.15, -0.1) is 0 Å². The molecule has 0 saturated heterocycles. The highest BCUT2D eigenvalue weighted by Crippen LogP contribution is 2.60. The van der Waals surface area contributed by atoms with E-state index in [4.69, 9.17) is 21.1 Å². The van der Waals surface area contributed by atoms with Crippen LogP contribution in [-0.2, 0) is 4.74 Å². The summed E-state index contributed by atoms with van der Waals surface area (Å²) in [6.45, 7) is 1.90. The minimum atomic E-state index is -0.342. The number of aromatic nitrogens is 1. The predicted molar refractivity (Wildman–Crippen MR) is 119 cm³/mol. The van der Waals surface area contributed by atoms with Crippen LogP contribution in [0.25, 0.3) is 5.70 Å². The van der Waals surface area contributed by atoms with E-state index < -0.39 is 0 Å². The highest BCUT2D eigenvalue weighted by atomic mass is 16.6. The van der Waals surface area contributed by atoms with Gasteiger partial charge in [-0.2, -0.15) is 0 Å². The lowest BCUT2D eigenvalue weighted by Gasteiger charge is -2.65. The van der Waals surface area contributed by atoms with Crippen LogP contribution < -0.4 is 16.3 Å². The summed E-state index contributed by atoms with van der Waals surface area (Å²) in [7, 11) is 3.49. The molecule has 4 N–H and O–H groups in total. The maximum Gasteiger partial charge on any atom is 0.410 e. The van der Waals surface area contributed by atoms with Gasteiger partial charge in [-0.05, 0) is 69.9 Å². The summed E-state index contributed by atoms with van der Waals surface area (Å²) >= 11 is 0. The third-order valence-corrected chi connectivity index (χ3v) is 7.22. The lowest BCUT2D eigenvalue weighted by molar-refractivity contribution is -0.121. The van der Waals surface area contributed by atoms with Crippen LogP contribution in [0.5, 0.6) is 5.75 Å². The highest BCUT2D eigenvalue weighted by molar-refractivity contribution is 5.70. The first-order valence-electron chi connectivity index (χ1n) is 11.3. The largest absolute Gasteiger partial charge is 0.489 e. The Kier molecular flexibility index (Phi) is 6.01. The summed E-state index contributed by atoms with van der Waals surface area (Å²) in [5, 5.41) is 1.38. The number of hydrazine groups is 1. The van der Waals surface area contributed by atoms with Crippen molar-refractivity contribution < 1.29 is 14.3 Å². The monoisotopic (exact) mass is 429 g/mol. The molecule has 8 heteroatoms. The second-order valence-electron chi connectivity index (χ2n) is 9.45. The van der Waals surface area contributed by atoms with Gasteiger partial charge in [0.2, 0.25) is 0 Å². The van der Waals surface area contributed by atoms with Crippen molar-refractivity contribution in [1.82, 2.24) is 14.9 Å². The van der Waals surface area contributed by atoms with Crippen LogP contribution in [0.4, 0.5) is 4.79 Å². The van der Waals surface area contributed by atoms with E-state index in [0.717, 1.165) is 49.5 Å². The van der Waals surface area contributed by atoms with Crippen LogP contribution >= 0.6 is 0 Å². The van der Waals surface area contributed by atoms with Crippen molar-refractivity contribution in [3.63, 3.8) is 0 Å². The summed E-state index contributed by atoms with van der Waals surface area (Å²) in [5.74, 6) is 7.58. The first kappa shape index (κ1) is 21.7. The van der Waals surface area contributed by atoms with Crippen molar-refractivity contribution in [2.24, 2.45) is 17.5 Å². The Balaban J connectivity index is 1.43. The summed E-state index contributed by atoms with van der Waals surface area (Å²) in [5.41, 5.74) is 8.66. The Hall–Kier alpha value is -2.48. The Labute approximate surface area is 184 Å². The lowest BCUT2D eigenvalue weighted by Crippen LogP contribution is -2.68. The van der Waals surface area contributed by atoms with Crippen LogP contribution in [0.15, 0.2) is 17.8 Å². The molecule has 1 amide bonds. The van der Waals surface area contributed by atoms with Crippen molar-refractivity contribution in [3.05, 3.63) is 29.2 Å². The number of carbonyl (C=O) groups excluding carboxylic acids is 1. The van der Waals surface area contributed by atoms with Crippen LogP contribution in [0.1, 0.15) is 62.8 Å². The fraction of sp³-hybridized carbons (Fsp3) is 0.652. The lowest BCUT2D eigenvalue weighted by atomic mass is 9.49. The van der Waals surface area contributed by atoms with Gasteiger partial charge in [0, 0.05) is 19.6 Å². The number of nitrogens with zero attached hydrogens (tertiary/aromatic N) is 3. The Bertz CT molecular complexity index is 846. The number of carbonyl (C=O) groups is 1. The predicted octanol–water partition coefficient (Wildman–Crippen LogP) is 3.16. The molecule has 1 aromatic heterocycles. The Morgan fingerprint density at radius 3 is 2.42 bits per heavy atom. The van der Waals surface area contributed by atoms with Gasteiger partial charge in [0.05, 0.1) is 28.9 Å². The molecule has 0 aliphatic heterocycles. The number of amides is 1. The highest BCUT2D eigenvalue weighted by Gasteiger charge is 2.60. The van der Waals surface area contributed by atoms with Gasteiger partial charge in [0.15, 0.2) is 0 Å². The van der Waals surface area contributed by atoms with E-state index >= 15 is 0 Å². The van der Waals surface area contributed by atoms with Crippen LogP contribution in [-0.4, -0.2) is 53.3 Å². The minimum Gasteiger partial charge on any atom is -0.489 e. The van der Waals surface area contributed by atoms with Gasteiger partial charge >= 0.3 is 6.09 Å². The summed E-state index contributed by atoms with van der Waals surface area (Å²) in [4.78, 5) is 18.9. The number of hydrogen-bond donors (Lipinski definition) is 2. The third-order valence-electron chi connectivity index (χ3n) is 7.22. The van der Waals surface area contributed by atoms with Gasteiger partial charge in [-0.3, -0.25) is 0 Å². The van der Waals surface area contributed by atoms with E-state index in [9.17, 15) is 4.79 Å². The second-order valence-corrected chi connectivity index (χ2v) is 9.45. The normalized spacial score (nSPS) is 25.6. The molecule has 2 bridgehead atoms. The van der Waals surface area contributed by atoms with Gasteiger partial charge < -0.3 is 25.1 Å². The number of hydrogen-bond acceptors (Lipinski definition) is 7. The summed E-state index contributed by atoms with van der Waals surface area (Å²) < 4.78 is 11.7. The van der Waals surface area contributed by atoms with Crippen LogP contribution in [0.2, 0.25) is 0 Å². The van der Waals surface area contributed by atoms with E-state index in [-0.39, 0.29) is 24.3 Å². The van der Waals surface area contributed by atoms with Crippen LogP contribution in [0, 0.1) is 12.8 Å². The van der Waals surface area contributed by atoms with Gasteiger partial charge in [-0.1, -0.05) is 6.42 Å². The molecule has 8 nitrogen and oxygen atoms in total. The zero-order chi connectivity index (χ0) is 22.2. The molecule has 5 rings (SSSR count). The number of likely N-dealkylation sites (N-methyl/N-ethyl adjacent to an activating group) is 1. The van der Waals surface area contributed by atoms with Crippen molar-refractivity contribution in [2.75, 3.05) is 20.7 Å². The molecule has 0 unspecified atom stereocenters. The Morgan fingerprint density at radius 2 is 1.87 bits per heavy atom. The number of aryl methyl sites for hydroxylation is 1. The molecular formula is C23H35N5O3. The molecule has 31 heavy (non-hydrogen) atoms. The first-order valence-corrected chi connectivity index (χ1v) is 11.3. The molecule has 4 aliphatic rings. The fourth-order valence-corrected chi connectivity index (χ4v) is 4.97. The number of ether oxygens (including phenoxy) is 2. The van der Waals surface area contributed by atoms with Gasteiger partial charge in [0.1, 0.15) is 12.4 Å². The molecule has 4 aliphatic carbocycles. The van der Waals surface area contributed by atoms with Crippen molar-refractivity contribution >= 4 is 11.8 Å². The molecule has 0 spiro atoms. The third kappa shape index (κ3) is 4.31. The van der Waals surface area contributed by atoms with E-state index in [0.29, 0.717) is 17.1 Å². The zero-order valence-electron chi connectivity index (χ0n) is 18.9. The fourth-order valence-electron chi connectivity index (χ4n) is 4.97. The van der Waals surface area contributed by atoms with Crippen molar-refractivity contribution in [3.8, 4) is 5.75 Å². The van der Waals surface area contributed by atoms with Gasteiger partial charge in [0.25, 0.3) is 0 Å². The molecular weight excluding hydrogens is 394 g/mol. The average molecular weight is 430 g/mol. The Morgan fingerprint density at radius 1 is 1.19 bits per heavy atom. The van der Waals surface area contributed by atoms with Gasteiger partial charge in [-0.25, -0.2) is 15.6 Å². The number of nitrogens with two attached hydrogens (primary N) is 2. The molecule has 4 saturated carbocycles. The zero-order valence-corrected chi connectivity index (χ0v) is 18.9. The van der Waals surface area contributed by atoms with E-state index in [1.807, 2.05) is 26.1 Å². The molecule has 0 radical (unpaired) electrons. The molecule has 170 valence electrons. The molecule has 0 aromatic carbocycles. The van der Waals surface area contributed by atoms with Crippen molar-refractivity contribution in [2.45, 2.75) is 69.9 Å². The quantitative estimate of drug-likeness (QED) is 0.506. The maximum absolute atomic E-state index is 12.5. The molecule has 1 aromatic rings. The number of pyridine rings is 1. The molecule has 1 heterocycles. The van der Waals surface area contributed by atoms with Crippen LogP contribution in [0.3, 0.4) is 0 Å². The topological polar surface area (TPSA) is 107 Å². The van der Waals surface area contributed by atoms with E-state index in [2.05, 4.69) is 4.98 Å². The average Bonchev–Trinajstić information content (AvgIpc) is 2.67. The van der Waals surface area contributed by atoms with Crippen molar-refractivity contribution in [1.29, 1.82) is 0 Å². The molecule has 0 atom stereocenters. The first-order chi connectivity index (χ1) is 14.8. The smallest absolute Gasteiger partial charge is 0.410 e. The molecule has 4 fully saturated rings. The standard InChI is InChI=1S/C23H35N5O3/c1-15-20(31-17-7-5-4-6-8-17)10-9-18(26-15)21(24)19(28(3)25)14-30-22(29)27(2)23-11-16(12-23)13-23/h9-10,16-17H,4-8,11-14,24-25H2,1-3H3/b21-19-. The van der Waals surface area contributed by atoms with E-state index in [1.165, 1.54) is 24.3 Å². The second kappa shape index (κ2) is 8.57. The van der Waals surface area contributed by atoms with E-state index in [1.54, 1.807) is 11.9 Å². The summed E-state index contributed by atoms with van der Waals surface area (Å²) in [6.07, 6.45) is 9.06. The SMILES string of the molecule is Cc1nc(/C(N)=C(\COC(=O)N(C)C23CC(C2)C3)N(C)N)ccc1OC1CCCCC1.